The number of pyridine rings is 1. The minimum atomic E-state index is -0.484. The second kappa shape index (κ2) is 3.82. The number of carbonyl (C=O) groups excluding carboxylic acids is 1. The molecule has 1 aromatic heterocycles. The lowest BCUT2D eigenvalue weighted by Crippen LogP contribution is -1.96. The van der Waals surface area contributed by atoms with Crippen LogP contribution in [0.4, 0.5) is 10.2 Å². The SMILES string of the molecule is O=CNc1cc2ccc(F)c(Cl)c2cn1. The molecule has 0 saturated carbocycles. The van der Waals surface area contributed by atoms with Gasteiger partial charge in [-0.05, 0) is 17.5 Å². The van der Waals surface area contributed by atoms with Crippen LogP contribution in [0.25, 0.3) is 10.8 Å². The van der Waals surface area contributed by atoms with Gasteiger partial charge in [-0.15, -0.1) is 0 Å². The highest BCUT2D eigenvalue weighted by atomic mass is 35.5. The van der Waals surface area contributed by atoms with E-state index in [0.717, 1.165) is 5.39 Å². The molecular weight excluding hydrogens is 219 g/mol. The topological polar surface area (TPSA) is 42.0 Å². The zero-order valence-corrected chi connectivity index (χ0v) is 8.25. The summed E-state index contributed by atoms with van der Waals surface area (Å²) in [5.41, 5.74) is 0. The summed E-state index contributed by atoms with van der Waals surface area (Å²) < 4.78 is 13.1. The Labute approximate surface area is 89.9 Å². The van der Waals surface area contributed by atoms with Crippen LogP contribution >= 0.6 is 11.6 Å². The molecule has 0 unspecified atom stereocenters. The van der Waals surface area contributed by atoms with E-state index in [1.165, 1.54) is 12.3 Å². The van der Waals surface area contributed by atoms with Crippen molar-refractivity contribution in [2.45, 2.75) is 0 Å². The van der Waals surface area contributed by atoms with Crippen molar-refractivity contribution >= 4 is 34.6 Å². The predicted molar refractivity (Wildman–Crippen MR) is 56.4 cm³/mol. The molecule has 0 saturated heterocycles. The molecule has 0 radical (unpaired) electrons. The Morgan fingerprint density at radius 3 is 3.00 bits per heavy atom. The molecule has 0 aliphatic heterocycles. The van der Waals surface area contributed by atoms with E-state index in [2.05, 4.69) is 10.3 Å². The van der Waals surface area contributed by atoms with Crippen molar-refractivity contribution in [3.63, 3.8) is 0 Å². The summed E-state index contributed by atoms with van der Waals surface area (Å²) in [5.74, 6) is -0.0813. The fourth-order valence-corrected chi connectivity index (χ4v) is 1.52. The molecule has 0 bridgehead atoms. The van der Waals surface area contributed by atoms with Crippen molar-refractivity contribution in [1.82, 2.24) is 4.98 Å². The van der Waals surface area contributed by atoms with Crippen LogP contribution in [0.3, 0.4) is 0 Å². The Balaban J connectivity index is 2.64. The van der Waals surface area contributed by atoms with Crippen molar-refractivity contribution < 1.29 is 9.18 Å². The predicted octanol–water partition coefficient (Wildman–Crippen LogP) is 2.60. The average molecular weight is 225 g/mol. The third kappa shape index (κ3) is 1.76. The zero-order chi connectivity index (χ0) is 10.8. The van der Waals surface area contributed by atoms with E-state index >= 15 is 0 Å². The number of nitrogens with zero attached hydrogens (tertiary/aromatic N) is 1. The van der Waals surface area contributed by atoms with Crippen LogP contribution in [0.1, 0.15) is 0 Å². The molecule has 5 heteroatoms. The Morgan fingerprint density at radius 2 is 2.27 bits per heavy atom. The Bertz CT molecular complexity index is 530. The number of carbonyl (C=O) groups is 1. The van der Waals surface area contributed by atoms with Crippen molar-refractivity contribution in [2.75, 3.05) is 5.32 Å². The number of rotatable bonds is 2. The van der Waals surface area contributed by atoms with Crippen LogP contribution in [0.2, 0.25) is 5.02 Å². The number of halogens is 2. The fourth-order valence-electron chi connectivity index (χ4n) is 1.30. The summed E-state index contributed by atoms with van der Waals surface area (Å²) in [7, 11) is 0. The molecule has 76 valence electrons. The number of nitrogens with one attached hydrogen (secondary N) is 1. The average Bonchev–Trinajstić information content (AvgIpc) is 2.24. The maximum atomic E-state index is 13.1. The summed E-state index contributed by atoms with van der Waals surface area (Å²) >= 11 is 5.75. The lowest BCUT2D eigenvalue weighted by molar-refractivity contribution is -0.105. The van der Waals surface area contributed by atoms with Crippen LogP contribution in [-0.4, -0.2) is 11.4 Å². The molecule has 0 spiro atoms. The molecule has 0 aliphatic carbocycles. The third-order valence-electron chi connectivity index (χ3n) is 2.00. The van der Waals surface area contributed by atoms with Gasteiger partial charge in [0.05, 0.1) is 5.02 Å². The summed E-state index contributed by atoms with van der Waals surface area (Å²) in [4.78, 5) is 14.1. The van der Waals surface area contributed by atoms with E-state index in [1.807, 2.05) is 0 Å². The van der Waals surface area contributed by atoms with Crippen molar-refractivity contribution in [3.8, 4) is 0 Å². The van der Waals surface area contributed by atoms with Gasteiger partial charge in [-0.25, -0.2) is 9.37 Å². The van der Waals surface area contributed by atoms with Gasteiger partial charge in [0, 0.05) is 11.6 Å². The van der Waals surface area contributed by atoms with Gasteiger partial charge in [0.1, 0.15) is 11.6 Å². The first-order chi connectivity index (χ1) is 7.22. The highest BCUT2D eigenvalue weighted by Crippen LogP contribution is 2.26. The molecule has 15 heavy (non-hydrogen) atoms. The van der Waals surface area contributed by atoms with E-state index < -0.39 is 5.82 Å². The van der Waals surface area contributed by atoms with Gasteiger partial charge >= 0.3 is 0 Å². The number of amides is 1. The smallest absolute Gasteiger partial charge is 0.212 e. The molecular formula is C10H6ClFN2O. The molecule has 1 aromatic carbocycles. The van der Waals surface area contributed by atoms with Gasteiger partial charge in [-0.3, -0.25) is 4.79 Å². The summed E-state index contributed by atoms with van der Waals surface area (Å²) in [6.45, 7) is 0. The summed E-state index contributed by atoms with van der Waals surface area (Å²) in [6, 6.07) is 4.47. The molecule has 0 fully saturated rings. The summed E-state index contributed by atoms with van der Waals surface area (Å²) in [6.07, 6.45) is 1.95. The molecule has 2 rings (SSSR count). The van der Waals surface area contributed by atoms with Gasteiger partial charge in [0.2, 0.25) is 6.41 Å². The number of hydrogen-bond acceptors (Lipinski definition) is 2. The van der Waals surface area contributed by atoms with E-state index in [-0.39, 0.29) is 5.02 Å². The fraction of sp³-hybridized carbons (Fsp3) is 0. The van der Waals surface area contributed by atoms with Gasteiger partial charge in [-0.2, -0.15) is 0 Å². The second-order valence-electron chi connectivity index (χ2n) is 2.91. The van der Waals surface area contributed by atoms with Crippen LogP contribution in [0, 0.1) is 5.82 Å². The number of fused-ring (bicyclic) bond motifs is 1. The van der Waals surface area contributed by atoms with E-state index in [9.17, 15) is 9.18 Å². The molecule has 1 N–H and O–H groups in total. The van der Waals surface area contributed by atoms with Gasteiger partial charge in [0.25, 0.3) is 0 Å². The van der Waals surface area contributed by atoms with Gasteiger partial charge in [0.15, 0.2) is 0 Å². The number of benzene rings is 1. The minimum Gasteiger partial charge on any atom is -0.313 e. The van der Waals surface area contributed by atoms with Crippen LogP contribution < -0.4 is 5.32 Å². The Morgan fingerprint density at radius 1 is 1.47 bits per heavy atom. The lowest BCUT2D eigenvalue weighted by atomic mass is 10.2. The molecule has 1 amide bonds. The van der Waals surface area contributed by atoms with Gasteiger partial charge < -0.3 is 5.32 Å². The third-order valence-corrected chi connectivity index (χ3v) is 2.38. The molecule has 3 nitrogen and oxygen atoms in total. The highest BCUT2D eigenvalue weighted by molar-refractivity contribution is 6.35. The molecule has 1 heterocycles. The molecule has 2 aromatic rings. The summed E-state index contributed by atoms with van der Waals surface area (Å²) in [5, 5.41) is 3.69. The minimum absolute atomic E-state index is 0.0395. The van der Waals surface area contributed by atoms with Crippen molar-refractivity contribution in [2.24, 2.45) is 0 Å². The number of hydrogen-bond donors (Lipinski definition) is 1. The quantitative estimate of drug-likeness (QED) is 0.797. The van der Waals surface area contributed by atoms with E-state index in [4.69, 9.17) is 11.6 Å². The maximum Gasteiger partial charge on any atom is 0.212 e. The van der Waals surface area contributed by atoms with Crippen molar-refractivity contribution in [3.05, 3.63) is 35.2 Å². The maximum absolute atomic E-state index is 13.1. The standard InChI is InChI=1S/C10H6ClFN2O/c11-10-7-4-13-9(14-5-15)3-6(7)1-2-8(10)12/h1-5H,(H,13,14,15). The first-order valence-electron chi connectivity index (χ1n) is 4.16. The largest absolute Gasteiger partial charge is 0.313 e. The van der Waals surface area contributed by atoms with E-state index in [0.29, 0.717) is 17.6 Å². The normalized spacial score (nSPS) is 10.3. The number of aromatic nitrogens is 1. The molecule has 0 aliphatic rings. The first-order valence-corrected chi connectivity index (χ1v) is 4.54. The highest BCUT2D eigenvalue weighted by Gasteiger charge is 2.05. The van der Waals surface area contributed by atoms with E-state index in [1.54, 1.807) is 12.1 Å². The van der Waals surface area contributed by atoms with Crippen LogP contribution in [0.15, 0.2) is 24.4 Å². The Hall–Kier alpha value is -1.68. The van der Waals surface area contributed by atoms with Crippen LogP contribution in [-0.2, 0) is 4.79 Å². The Kier molecular flexibility index (Phi) is 2.51. The lowest BCUT2D eigenvalue weighted by Gasteiger charge is -2.03. The molecule has 0 atom stereocenters. The number of anilines is 1. The first kappa shape index (κ1) is 9.86. The van der Waals surface area contributed by atoms with Gasteiger partial charge in [-0.1, -0.05) is 17.7 Å². The second-order valence-corrected chi connectivity index (χ2v) is 3.29. The van der Waals surface area contributed by atoms with Crippen molar-refractivity contribution in [1.29, 1.82) is 0 Å². The van der Waals surface area contributed by atoms with Crippen LogP contribution in [0.5, 0.6) is 0 Å². The zero-order valence-electron chi connectivity index (χ0n) is 7.50. The monoisotopic (exact) mass is 224 g/mol.